The normalized spacial score (nSPS) is 17.3. The second kappa shape index (κ2) is 6.90. The average molecular weight is 352 g/mol. The van der Waals surface area contributed by atoms with E-state index < -0.39 is 0 Å². The molecule has 2 aromatic heterocycles. The van der Waals surface area contributed by atoms with Crippen molar-refractivity contribution in [1.82, 2.24) is 20.3 Å². The Balaban J connectivity index is 1.61. The molecule has 1 saturated heterocycles. The van der Waals surface area contributed by atoms with Gasteiger partial charge in [-0.2, -0.15) is 0 Å². The van der Waals surface area contributed by atoms with Gasteiger partial charge in [0.05, 0.1) is 0 Å². The van der Waals surface area contributed by atoms with Crippen LogP contribution < -0.4 is 15.1 Å². The molecule has 4 rings (SSSR count). The van der Waals surface area contributed by atoms with Crippen molar-refractivity contribution in [3.05, 3.63) is 41.5 Å². The van der Waals surface area contributed by atoms with Crippen LogP contribution in [0.3, 0.4) is 0 Å². The molecule has 0 saturated carbocycles. The zero-order valence-corrected chi connectivity index (χ0v) is 15.3. The summed E-state index contributed by atoms with van der Waals surface area (Å²) in [6.07, 6.45) is 2.62. The van der Waals surface area contributed by atoms with Crippen molar-refractivity contribution in [2.45, 2.75) is 26.2 Å². The quantitative estimate of drug-likeness (QED) is 0.905. The van der Waals surface area contributed by atoms with Crippen LogP contribution in [0.5, 0.6) is 0 Å². The fourth-order valence-electron chi connectivity index (χ4n) is 3.50. The maximum atomic E-state index is 12.3. The van der Waals surface area contributed by atoms with Crippen molar-refractivity contribution in [3.63, 3.8) is 0 Å². The lowest BCUT2D eigenvalue weighted by Crippen LogP contribution is -2.48. The highest BCUT2D eigenvalue weighted by atomic mass is 16.1. The van der Waals surface area contributed by atoms with Crippen LogP contribution in [0.4, 0.5) is 11.6 Å². The van der Waals surface area contributed by atoms with E-state index in [1.54, 1.807) is 0 Å². The minimum Gasteiger partial charge on any atom is -0.353 e. The number of carbonyl (C=O) groups is 1. The van der Waals surface area contributed by atoms with Gasteiger partial charge in [0.15, 0.2) is 0 Å². The monoisotopic (exact) mass is 352 g/mol. The van der Waals surface area contributed by atoms with Gasteiger partial charge in [-0.3, -0.25) is 4.79 Å². The highest BCUT2D eigenvalue weighted by molar-refractivity contribution is 5.96. The molecule has 0 bridgehead atoms. The number of amides is 1. The summed E-state index contributed by atoms with van der Waals surface area (Å²) in [6, 6.07) is 6.00. The number of nitrogens with one attached hydrogen (secondary N) is 1. The molecule has 4 heterocycles. The van der Waals surface area contributed by atoms with Gasteiger partial charge < -0.3 is 15.1 Å². The van der Waals surface area contributed by atoms with Gasteiger partial charge in [0, 0.05) is 50.4 Å². The molecule has 0 atom stereocenters. The molecule has 0 aromatic carbocycles. The Morgan fingerprint density at radius 3 is 2.54 bits per heavy atom. The van der Waals surface area contributed by atoms with Crippen LogP contribution >= 0.6 is 0 Å². The summed E-state index contributed by atoms with van der Waals surface area (Å²) >= 11 is 0. The highest BCUT2D eigenvalue weighted by Gasteiger charge is 2.28. The molecule has 0 aliphatic carbocycles. The molecule has 1 fully saturated rings. The molecule has 7 nitrogen and oxygen atoms in total. The molecule has 2 aliphatic rings. The third kappa shape index (κ3) is 3.09. The lowest BCUT2D eigenvalue weighted by Gasteiger charge is -2.37. The van der Waals surface area contributed by atoms with E-state index in [9.17, 15) is 4.79 Å². The lowest BCUT2D eigenvalue weighted by molar-refractivity contribution is 0.0940. The minimum absolute atomic E-state index is 0.0797. The van der Waals surface area contributed by atoms with Gasteiger partial charge in [0.25, 0.3) is 5.91 Å². The van der Waals surface area contributed by atoms with E-state index in [4.69, 9.17) is 4.98 Å². The Bertz CT molecular complexity index is 799. The van der Waals surface area contributed by atoms with Crippen molar-refractivity contribution in [2.75, 3.05) is 42.5 Å². The number of piperazine rings is 1. The Morgan fingerprint density at radius 2 is 1.85 bits per heavy atom. The van der Waals surface area contributed by atoms with E-state index in [-0.39, 0.29) is 11.8 Å². The first kappa shape index (κ1) is 16.8. The number of aromatic nitrogens is 3. The third-order valence-corrected chi connectivity index (χ3v) is 4.95. The van der Waals surface area contributed by atoms with Gasteiger partial charge in [-0.05, 0) is 18.6 Å². The maximum absolute atomic E-state index is 12.3. The van der Waals surface area contributed by atoms with Crippen LogP contribution in [-0.4, -0.2) is 53.6 Å². The largest absolute Gasteiger partial charge is 0.353 e. The first-order valence-electron chi connectivity index (χ1n) is 9.23. The van der Waals surface area contributed by atoms with Gasteiger partial charge in [0.1, 0.15) is 23.2 Å². The van der Waals surface area contributed by atoms with E-state index in [1.807, 2.05) is 24.4 Å². The maximum Gasteiger partial charge on any atom is 0.270 e. The SMILES string of the molecule is CC(C)c1nc2c(c(N3CCN(c4ccccn4)CC3)n1)CCNC2=O. The summed E-state index contributed by atoms with van der Waals surface area (Å²) in [5.74, 6) is 2.80. The molecule has 2 aliphatic heterocycles. The predicted octanol–water partition coefficient (Wildman–Crippen LogP) is 1.61. The first-order chi connectivity index (χ1) is 12.6. The molecule has 1 amide bonds. The summed E-state index contributed by atoms with van der Waals surface area (Å²) in [6.45, 7) is 8.27. The molecule has 0 radical (unpaired) electrons. The Labute approximate surface area is 153 Å². The van der Waals surface area contributed by atoms with Gasteiger partial charge in [-0.15, -0.1) is 0 Å². The van der Waals surface area contributed by atoms with Crippen LogP contribution in [0.1, 0.15) is 41.6 Å². The number of pyridine rings is 1. The fraction of sp³-hybridized carbons (Fsp3) is 0.474. The molecule has 26 heavy (non-hydrogen) atoms. The van der Waals surface area contributed by atoms with Crippen molar-refractivity contribution >= 4 is 17.5 Å². The van der Waals surface area contributed by atoms with E-state index in [2.05, 4.69) is 38.9 Å². The molecular weight excluding hydrogens is 328 g/mol. The molecule has 1 N–H and O–H groups in total. The predicted molar refractivity (Wildman–Crippen MR) is 101 cm³/mol. The standard InChI is InChI=1S/C19H24N6O/c1-13(2)17-22-16-14(6-8-21-19(16)26)18(23-17)25-11-9-24(10-12-25)15-5-3-4-7-20-15/h3-5,7,13H,6,8-12H2,1-2H3,(H,21,26). The number of anilines is 2. The summed E-state index contributed by atoms with van der Waals surface area (Å²) in [4.78, 5) is 30.7. The zero-order valence-electron chi connectivity index (χ0n) is 15.3. The number of nitrogens with zero attached hydrogens (tertiary/aromatic N) is 5. The van der Waals surface area contributed by atoms with E-state index in [1.165, 1.54) is 0 Å². The van der Waals surface area contributed by atoms with Crippen molar-refractivity contribution < 1.29 is 4.79 Å². The zero-order chi connectivity index (χ0) is 18.1. The topological polar surface area (TPSA) is 74.2 Å². The van der Waals surface area contributed by atoms with Crippen molar-refractivity contribution in [2.24, 2.45) is 0 Å². The smallest absolute Gasteiger partial charge is 0.270 e. The Hall–Kier alpha value is -2.70. The van der Waals surface area contributed by atoms with Gasteiger partial charge in [-0.25, -0.2) is 15.0 Å². The molecule has 0 spiro atoms. The van der Waals surface area contributed by atoms with Gasteiger partial charge >= 0.3 is 0 Å². The van der Waals surface area contributed by atoms with Crippen LogP contribution in [0.2, 0.25) is 0 Å². The summed E-state index contributed by atoms with van der Waals surface area (Å²) in [7, 11) is 0. The third-order valence-electron chi connectivity index (χ3n) is 4.95. The number of hydrogen-bond donors (Lipinski definition) is 1. The van der Waals surface area contributed by atoms with Crippen molar-refractivity contribution in [3.8, 4) is 0 Å². The molecule has 0 unspecified atom stereocenters. The van der Waals surface area contributed by atoms with Gasteiger partial charge in [0.2, 0.25) is 0 Å². The molecule has 136 valence electrons. The average Bonchev–Trinajstić information content (AvgIpc) is 2.68. The number of carbonyl (C=O) groups excluding carboxylic acids is 1. The molecule has 2 aromatic rings. The van der Waals surface area contributed by atoms with E-state index in [0.717, 1.165) is 55.6 Å². The van der Waals surface area contributed by atoms with Crippen LogP contribution in [0.15, 0.2) is 24.4 Å². The van der Waals surface area contributed by atoms with Crippen LogP contribution in [-0.2, 0) is 6.42 Å². The van der Waals surface area contributed by atoms with Gasteiger partial charge in [-0.1, -0.05) is 19.9 Å². The number of hydrogen-bond acceptors (Lipinski definition) is 6. The fourth-order valence-corrected chi connectivity index (χ4v) is 3.50. The summed E-state index contributed by atoms with van der Waals surface area (Å²) < 4.78 is 0. The second-order valence-electron chi connectivity index (χ2n) is 7.06. The van der Waals surface area contributed by atoms with Crippen molar-refractivity contribution in [1.29, 1.82) is 0 Å². The summed E-state index contributed by atoms with van der Waals surface area (Å²) in [5, 5.41) is 2.90. The number of rotatable bonds is 3. The van der Waals surface area contributed by atoms with E-state index in [0.29, 0.717) is 12.2 Å². The molecule has 7 heteroatoms. The molecular formula is C19H24N6O. The Kier molecular flexibility index (Phi) is 4.44. The van der Waals surface area contributed by atoms with E-state index >= 15 is 0 Å². The first-order valence-corrected chi connectivity index (χ1v) is 9.23. The number of fused-ring (bicyclic) bond motifs is 1. The summed E-state index contributed by atoms with van der Waals surface area (Å²) in [5.41, 5.74) is 1.54. The second-order valence-corrected chi connectivity index (χ2v) is 7.06. The van der Waals surface area contributed by atoms with Crippen LogP contribution in [0.25, 0.3) is 0 Å². The lowest BCUT2D eigenvalue weighted by atomic mass is 10.0. The highest BCUT2D eigenvalue weighted by Crippen LogP contribution is 2.27. The minimum atomic E-state index is -0.0797. The Morgan fingerprint density at radius 1 is 1.08 bits per heavy atom. The van der Waals surface area contributed by atoms with Crippen LogP contribution in [0, 0.1) is 0 Å².